The van der Waals surface area contributed by atoms with Crippen LogP contribution in [0.15, 0.2) is 5.16 Å². The van der Waals surface area contributed by atoms with Gasteiger partial charge in [-0.3, -0.25) is 4.90 Å². The molecule has 0 bridgehead atoms. The lowest BCUT2D eigenvalue weighted by Crippen LogP contribution is -2.53. The van der Waals surface area contributed by atoms with Gasteiger partial charge in [0.25, 0.3) is 10.2 Å². The highest BCUT2D eigenvalue weighted by molar-refractivity contribution is 7.87. The van der Waals surface area contributed by atoms with Crippen molar-refractivity contribution in [3.05, 3.63) is 0 Å². The second-order valence-corrected chi connectivity index (χ2v) is 6.77. The van der Waals surface area contributed by atoms with Gasteiger partial charge in [-0.25, -0.2) is 4.72 Å². The molecule has 0 atom stereocenters. The first-order valence-electron chi connectivity index (χ1n) is 6.28. The zero-order valence-corrected chi connectivity index (χ0v) is 12.2. The Labute approximate surface area is 114 Å². The molecule has 0 unspecified atom stereocenters. The molecule has 1 aliphatic heterocycles. The largest absolute Gasteiger partial charge is 0.409 e. The van der Waals surface area contributed by atoms with Crippen molar-refractivity contribution in [1.29, 1.82) is 0 Å². The summed E-state index contributed by atoms with van der Waals surface area (Å²) in [6.45, 7) is 6.65. The summed E-state index contributed by atoms with van der Waals surface area (Å²) in [5, 5.41) is 11.4. The van der Waals surface area contributed by atoms with Crippen LogP contribution in [0.2, 0.25) is 0 Å². The van der Waals surface area contributed by atoms with E-state index < -0.39 is 10.2 Å². The predicted molar refractivity (Wildman–Crippen MR) is 73.2 cm³/mol. The molecule has 0 amide bonds. The zero-order valence-electron chi connectivity index (χ0n) is 11.4. The molecule has 0 radical (unpaired) electrons. The summed E-state index contributed by atoms with van der Waals surface area (Å²) in [5.41, 5.74) is 5.42. The van der Waals surface area contributed by atoms with Crippen LogP contribution in [0.1, 0.15) is 13.8 Å². The van der Waals surface area contributed by atoms with Crippen LogP contribution in [-0.4, -0.2) is 67.9 Å². The van der Waals surface area contributed by atoms with E-state index in [0.29, 0.717) is 39.3 Å². The standard InChI is InChI=1S/C10H23N5O3S/c1-9(2)7-12-19(17,18)15-5-3-14(4-6-15)8-10(11)13-16/h9,12,16H,3-8H2,1-2H3,(H2,11,13). The van der Waals surface area contributed by atoms with Crippen LogP contribution in [0.25, 0.3) is 0 Å². The Morgan fingerprint density at radius 3 is 2.42 bits per heavy atom. The summed E-state index contributed by atoms with van der Waals surface area (Å²) in [7, 11) is -3.39. The van der Waals surface area contributed by atoms with Gasteiger partial charge >= 0.3 is 0 Å². The fourth-order valence-corrected chi connectivity index (χ4v) is 3.12. The minimum Gasteiger partial charge on any atom is -0.409 e. The molecule has 0 aromatic carbocycles. The lowest BCUT2D eigenvalue weighted by Gasteiger charge is -2.33. The Morgan fingerprint density at radius 1 is 1.37 bits per heavy atom. The average molecular weight is 293 g/mol. The van der Waals surface area contributed by atoms with Crippen molar-refractivity contribution in [1.82, 2.24) is 13.9 Å². The second kappa shape index (κ2) is 7.04. The number of nitrogens with one attached hydrogen (secondary N) is 1. The molecule has 1 aliphatic rings. The van der Waals surface area contributed by atoms with Gasteiger partial charge in [-0.1, -0.05) is 19.0 Å². The van der Waals surface area contributed by atoms with Crippen LogP contribution in [0.4, 0.5) is 0 Å². The number of hydrogen-bond acceptors (Lipinski definition) is 5. The normalized spacial score (nSPS) is 20.1. The summed E-state index contributed by atoms with van der Waals surface area (Å²) in [6.07, 6.45) is 0. The number of nitrogens with zero attached hydrogens (tertiary/aromatic N) is 3. The van der Waals surface area contributed by atoms with Gasteiger partial charge in [0.15, 0.2) is 5.84 Å². The Bertz CT molecular complexity index is 401. The van der Waals surface area contributed by atoms with Gasteiger partial charge in [0.05, 0.1) is 6.54 Å². The van der Waals surface area contributed by atoms with E-state index in [2.05, 4.69) is 9.88 Å². The molecule has 19 heavy (non-hydrogen) atoms. The van der Waals surface area contributed by atoms with Crippen LogP contribution >= 0.6 is 0 Å². The molecule has 0 aromatic heterocycles. The summed E-state index contributed by atoms with van der Waals surface area (Å²) < 4.78 is 28.0. The minimum atomic E-state index is -3.39. The van der Waals surface area contributed by atoms with E-state index in [4.69, 9.17) is 10.9 Å². The van der Waals surface area contributed by atoms with Gasteiger partial charge in [-0.05, 0) is 5.92 Å². The smallest absolute Gasteiger partial charge is 0.279 e. The van der Waals surface area contributed by atoms with Crippen LogP contribution in [0.5, 0.6) is 0 Å². The summed E-state index contributed by atoms with van der Waals surface area (Å²) in [5.74, 6) is 0.408. The van der Waals surface area contributed by atoms with Crippen LogP contribution in [0.3, 0.4) is 0 Å². The van der Waals surface area contributed by atoms with E-state index in [1.165, 1.54) is 4.31 Å². The molecule has 0 aliphatic carbocycles. The first-order chi connectivity index (χ1) is 8.85. The van der Waals surface area contributed by atoms with Crippen molar-refractivity contribution in [2.75, 3.05) is 39.3 Å². The fraction of sp³-hybridized carbons (Fsp3) is 0.900. The van der Waals surface area contributed by atoms with Crippen LogP contribution in [-0.2, 0) is 10.2 Å². The predicted octanol–water partition coefficient (Wildman–Crippen LogP) is -1.16. The quantitative estimate of drug-likeness (QED) is 0.248. The van der Waals surface area contributed by atoms with Crippen LogP contribution < -0.4 is 10.5 Å². The lowest BCUT2D eigenvalue weighted by atomic mass is 10.2. The Kier molecular flexibility index (Phi) is 5.98. The lowest BCUT2D eigenvalue weighted by molar-refractivity contribution is 0.205. The third-order valence-electron chi connectivity index (χ3n) is 2.86. The topological polar surface area (TPSA) is 111 Å². The third kappa shape index (κ3) is 5.31. The van der Waals surface area contributed by atoms with Gasteiger partial charge in [-0.15, -0.1) is 0 Å². The fourth-order valence-electron chi connectivity index (χ4n) is 1.75. The van der Waals surface area contributed by atoms with Gasteiger partial charge < -0.3 is 10.9 Å². The van der Waals surface area contributed by atoms with E-state index in [1.807, 2.05) is 18.7 Å². The van der Waals surface area contributed by atoms with Gasteiger partial charge in [-0.2, -0.15) is 12.7 Å². The molecular formula is C10H23N5O3S. The SMILES string of the molecule is CC(C)CNS(=O)(=O)N1CCN(CC(N)=NO)CC1. The third-order valence-corrected chi connectivity index (χ3v) is 4.44. The van der Waals surface area contributed by atoms with Crippen LogP contribution in [0, 0.1) is 5.92 Å². The van der Waals surface area contributed by atoms with Crippen molar-refractivity contribution < 1.29 is 13.6 Å². The van der Waals surface area contributed by atoms with Gasteiger partial charge in [0.1, 0.15) is 0 Å². The molecule has 1 heterocycles. The summed E-state index contributed by atoms with van der Waals surface area (Å²) in [4.78, 5) is 1.95. The maximum atomic E-state index is 12.0. The zero-order chi connectivity index (χ0) is 14.5. The molecule has 4 N–H and O–H groups in total. The molecule has 1 saturated heterocycles. The molecular weight excluding hydrogens is 270 g/mol. The molecule has 112 valence electrons. The molecule has 1 rings (SSSR count). The number of oxime groups is 1. The molecule has 9 heteroatoms. The number of hydrogen-bond donors (Lipinski definition) is 3. The van der Waals surface area contributed by atoms with Crippen molar-refractivity contribution >= 4 is 16.0 Å². The highest BCUT2D eigenvalue weighted by Gasteiger charge is 2.26. The number of amidine groups is 1. The average Bonchev–Trinajstić information content (AvgIpc) is 2.37. The number of rotatable bonds is 6. The van der Waals surface area contributed by atoms with Crippen molar-refractivity contribution in [2.24, 2.45) is 16.8 Å². The second-order valence-electron chi connectivity index (χ2n) is 5.01. The van der Waals surface area contributed by atoms with E-state index in [9.17, 15) is 8.42 Å². The van der Waals surface area contributed by atoms with E-state index >= 15 is 0 Å². The first-order valence-corrected chi connectivity index (χ1v) is 7.72. The summed E-state index contributed by atoms with van der Waals surface area (Å²) >= 11 is 0. The number of nitrogens with two attached hydrogens (primary N) is 1. The van der Waals surface area contributed by atoms with E-state index in [-0.39, 0.29) is 11.8 Å². The highest BCUT2D eigenvalue weighted by Crippen LogP contribution is 2.06. The maximum Gasteiger partial charge on any atom is 0.279 e. The first kappa shape index (κ1) is 16.2. The van der Waals surface area contributed by atoms with E-state index in [0.717, 1.165) is 0 Å². The Morgan fingerprint density at radius 2 is 1.95 bits per heavy atom. The maximum absolute atomic E-state index is 12.0. The highest BCUT2D eigenvalue weighted by atomic mass is 32.2. The molecule has 0 aromatic rings. The minimum absolute atomic E-state index is 0.134. The van der Waals surface area contributed by atoms with E-state index in [1.54, 1.807) is 0 Å². The molecule has 8 nitrogen and oxygen atoms in total. The van der Waals surface area contributed by atoms with Crippen molar-refractivity contribution in [3.63, 3.8) is 0 Å². The number of piperazine rings is 1. The Balaban J connectivity index is 2.44. The Hall–Kier alpha value is -0.900. The molecule has 1 fully saturated rings. The van der Waals surface area contributed by atoms with Crippen molar-refractivity contribution in [2.45, 2.75) is 13.8 Å². The molecule has 0 saturated carbocycles. The molecule has 0 spiro atoms. The van der Waals surface area contributed by atoms with Gasteiger partial charge in [0.2, 0.25) is 0 Å². The van der Waals surface area contributed by atoms with Crippen molar-refractivity contribution in [3.8, 4) is 0 Å². The van der Waals surface area contributed by atoms with Gasteiger partial charge in [0, 0.05) is 32.7 Å². The monoisotopic (exact) mass is 293 g/mol. The summed E-state index contributed by atoms with van der Waals surface area (Å²) in [6, 6.07) is 0.